The number of rotatable bonds is 9. The molecule has 1 heterocycles. The average Bonchev–Trinajstić information content (AvgIpc) is 2.82. The van der Waals surface area contributed by atoms with Crippen LogP contribution < -0.4 is 5.32 Å². The van der Waals surface area contributed by atoms with Gasteiger partial charge in [0, 0.05) is 12.3 Å². The molecule has 0 spiro atoms. The highest BCUT2D eigenvalue weighted by atomic mass is 32.2. The van der Waals surface area contributed by atoms with E-state index in [9.17, 15) is 13.2 Å². The number of para-hydroxylation sites is 2. The van der Waals surface area contributed by atoms with E-state index in [1.807, 2.05) is 31.2 Å². The molecule has 0 fully saturated rings. The van der Waals surface area contributed by atoms with E-state index in [-0.39, 0.29) is 24.2 Å². The number of fused-ring (bicyclic) bond motifs is 1. The summed E-state index contributed by atoms with van der Waals surface area (Å²) >= 11 is 0. The maximum Gasteiger partial charge on any atom is 0.240 e. The zero-order valence-corrected chi connectivity index (χ0v) is 16.8. The van der Waals surface area contributed by atoms with Crippen LogP contribution in [-0.2, 0) is 26.9 Å². The summed E-state index contributed by atoms with van der Waals surface area (Å²) in [6.07, 6.45) is 4.33. The maximum absolute atomic E-state index is 12.5. The maximum atomic E-state index is 12.5. The van der Waals surface area contributed by atoms with Gasteiger partial charge in [-0.05, 0) is 31.4 Å². The zero-order valence-electron chi connectivity index (χ0n) is 16.0. The molecule has 1 aromatic carbocycles. The van der Waals surface area contributed by atoms with Gasteiger partial charge in [-0.3, -0.25) is 4.79 Å². The summed E-state index contributed by atoms with van der Waals surface area (Å²) in [6, 6.07) is 7.48. The highest BCUT2D eigenvalue weighted by Crippen LogP contribution is 2.17. The van der Waals surface area contributed by atoms with Gasteiger partial charge in [-0.1, -0.05) is 38.8 Å². The fraction of sp³-hybridized carbons (Fsp3) is 0.579. The Morgan fingerprint density at radius 3 is 2.54 bits per heavy atom. The lowest BCUT2D eigenvalue weighted by atomic mass is 10.0. The van der Waals surface area contributed by atoms with Crippen molar-refractivity contribution < 1.29 is 13.2 Å². The predicted octanol–water partition coefficient (Wildman–Crippen LogP) is 2.91. The first-order valence-corrected chi connectivity index (χ1v) is 11.1. The summed E-state index contributed by atoms with van der Waals surface area (Å²) in [5.74, 6) is 0.754. The van der Waals surface area contributed by atoms with Crippen molar-refractivity contribution in [2.24, 2.45) is 5.92 Å². The molecule has 0 radical (unpaired) electrons. The molecule has 26 heavy (non-hydrogen) atoms. The molecule has 1 N–H and O–H groups in total. The number of sulfone groups is 1. The van der Waals surface area contributed by atoms with Gasteiger partial charge in [0.05, 0.1) is 11.0 Å². The topological polar surface area (TPSA) is 81.1 Å². The van der Waals surface area contributed by atoms with Gasteiger partial charge >= 0.3 is 0 Å². The summed E-state index contributed by atoms with van der Waals surface area (Å²) in [7, 11) is -3.24. The first-order chi connectivity index (χ1) is 12.2. The van der Waals surface area contributed by atoms with Gasteiger partial charge in [0.15, 0.2) is 9.84 Å². The molecular formula is C19H29N3O3S. The van der Waals surface area contributed by atoms with Crippen LogP contribution in [0, 0.1) is 5.92 Å². The quantitative estimate of drug-likeness (QED) is 0.726. The molecule has 1 unspecified atom stereocenters. The van der Waals surface area contributed by atoms with Gasteiger partial charge in [0.25, 0.3) is 0 Å². The van der Waals surface area contributed by atoms with Crippen LogP contribution in [-0.4, -0.2) is 36.2 Å². The Labute approximate surface area is 155 Å². The number of benzene rings is 1. The van der Waals surface area contributed by atoms with Crippen molar-refractivity contribution in [1.82, 2.24) is 14.9 Å². The highest BCUT2D eigenvalue weighted by molar-refractivity contribution is 7.89. The van der Waals surface area contributed by atoms with E-state index < -0.39 is 9.84 Å². The van der Waals surface area contributed by atoms with E-state index in [4.69, 9.17) is 0 Å². The zero-order chi connectivity index (χ0) is 19.3. The molecule has 2 aromatic rings. The van der Waals surface area contributed by atoms with Crippen LogP contribution in [0.15, 0.2) is 24.3 Å². The summed E-state index contributed by atoms with van der Waals surface area (Å²) in [6.45, 7) is 6.45. The van der Waals surface area contributed by atoms with Crippen LogP contribution in [0.25, 0.3) is 11.0 Å². The Hall–Kier alpha value is -1.89. The van der Waals surface area contributed by atoms with Gasteiger partial charge in [-0.25, -0.2) is 13.4 Å². The minimum atomic E-state index is -3.24. The molecule has 7 heteroatoms. The number of hydrogen-bond acceptors (Lipinski definition) is 4. The SMILES string of the molecule is CC(C)CCCC(C)NC(=O)Cn1c(CS(C)(=O)=O)nc2ccccc21. The lowest BCUT2D eigenvalue weighted by molar-refractivity contribution is -0.122. The largest absolute Gasteiger partial charge is 0.352 e. The van der Waals surface area contributed by atoms with Crippen LogP contribution in [0.4, 0.5) is 0 Å². The smallest absolute Gasteiger partial charge is 0.240 e. The summed E-state index contributed by atoms with van der Waals surface area (Å²) in [5.41, 5.74) is 1.47. The lowest BCUT2D eigenvalue weighted by Crippen LogP contribution is -2.35. The van der Waals surface area contributed by atoms with Crippen molar-refractivity contribution in [3.05, 3.63) is 30.1 Å². The normalized spacial score (nSPS) is 13.3. The van der Waals surface area contributed by atoms with Crippen LogP contribution in [0.3, 0.4) is 0 Å². The number of hydrogen-bond donors (Lipinski definition) is 1. The van der Waals surface area contributed by atoms with Crippen molar-refractivity contribution in [3.8, 4) is 0 Å². The van der Waals surface area contributed by atoms with E-state index in [1.54, 1.807) is 4.57 Å². The molecule has 0 aliphatic carbocycles. The standard InChI is InChI=1S/C19H29N3O3S/c1-14(2)8-7-9-15(3)20-19(23)12-22-17-11-6-5-10-16(17)21-18(22)13-26(4,24)25/h5-6,10-11,14-15H,7-9,12-13H2,1-4H3,(H,20,23). The third kappa shape index (κ3) is 6.12. The van der Waals surface area contributed by atoms with Gasteiger partial charge in [-0.15, -0.1) is 0 Å². The molecule has 1 atom stereocenters. The molecule has 0 bridgehead atoms. The first kappa shape index (κ1) is 20.4. The van der Waals surface area contributed by atoms with Crippen LogP contribution in [0.5, 0.6) is 0 Å². The monoisotopic (exact) mass is 379 g/mol. The first-order valence-electron chi connectivity index (χ1n) is 9.07. The van der Waals surface area contributed by atoms with Crippen LogP contribution in [0.2, 0.25) is 0 Å². The molecule has 2 rings (SSSR count). The second kappa shape index (κ2) is 8.66. The van der Waals surface area contributed by atoms with Crippen molar-refractivity contribution >= 4 is 26.8 Å². The minimum absolute atomic E-state index is 0.0693. The second-order valence-corrected chi connectivity index (χ2v) is 9.61. The number of nitrogens with zero attached hydrogens (tertiary/aromatic N) is 2. The molecule has 6 nitrogen and oxygen atoms in total. The Balaban J connectivity index is 2.11. The van der Waals surface area contributed by atoms with Gasteiger partial charge < -0.3 is 9.88 Å². The summed E-state index contributed by atoms with van der Waals surface area (Å²) in [5, 5.41) is 3.01. The third-order valence-electron chi connectivity index (χ3n) is 4.25. The molecular weight excluding hydrogens is 350 g/mol. The lowest BCUT2D eigenvalue weighted by Gasteiger charge is -2.16. The molecule has 144 valence electrons. The fourth-order valence-corrected chi connectivity index (χ4v) is 3.70. The predicted molar refractivity (Wildman–Crippen MR) is 105 cm³/mol. The third-order valence-corrected chi connectivity index (χ3v) is 5.04. The molecule has 0 saturated heterocycles. The fourth-order valence-electron chi connectivity index (χ4n) is 3.02. The van der Waals surface area contributed by atoms with Gasteiger partial charge in [-0.2, -0.15) is 0 Å². The van der Waals surface area contributed by atoms with Crippen molar-refractivity contribution in [2.45, 2.75) is 58.4 Å². The Kier molecular flexibility index (Phi) is 6.81. The number of carbonyl (C=O) groups excluding carboxylic acids is 1. The Bertz CT molecular complexity index is 856. The number of imidazole rings is 1. The van der Waals surface area contributed by atoms with E-state index in [0.717, 1.165) is 24.8 Å². The summed E-state index contributed by atoms with van der Waals surface area (Å²) in [4.78, 5) is 16.9. The molecule has 1 amide bonds. The average molecular weight is 380 g/mol. The van der Waals surface area contributed by atoms with Crippen molar-refractivity contribution in [2.75, 3.05) is 6.26 Å². The summed E-state index contributed by atoms with van der Waals surface area (Å²) < 4.78 is 25.1. The Morgan fingerprint density at radius 2 is 1.88 bits per heavy atom. The number of carbonyl (C=O) groups is 1. The molecule has 0 saturated carbocycles. The van der Waals surface area contributed by atoms with E-state index in [2.05, 4.69) is 24.1 Å². The molecule has 1 aromatic heterocycles. The molecule has 0 aliphatic heterocycles. The van der Waals surface area contributed by atoms with E-state index in [0.29, 0.717) is 17.3 Å². The number of amides is 1. The van der Waals surface area contributed by atoms with Gasteiger partial charge in [0.2, 0.25) is 5.91 Å². The highest BCUT2D eigenvalue weighted by Gasteiger charge is 2.18. The second-order valence-electron chi connectivity index (χ2n) is 7.47. The van der Waals surface area contributed by atoms with Crippen LogP contribution in [0.1, 0.15) is 45.9 Å². The van der Waals surface area contributed by atoms with Crippen molar-refractivity contribution in [1.29, 1.82) is 0 Å². The van der Waals surface area contributed by atoms with Crippen molar-refractivity contribution in [3.63, 3.8) is 0 Å². The van der Waals surface area contributed by atoms with Gasteiger partial charge in [0.1, 0.15) is 18.1 Å². The number of nitrogens with one attached hydrogen (secondary N) is 1. The number of aromatic nitrogens is 2. The van der Waals surface area contributed by atoms with E-state index >= 15 is 0 Å². The van der Waals surface area contributed by atoms with Crippen LogP contribution >= 0.6 is 0 Å². The molecule has 0 aliphatic rings. The Morgan fingerprint density at radius 1 is 1.19 bits per heavy atom. The van der Waals surface area contributed by atoms with E-state index in [1.165, 1.54) is 6.26 Å². The minimum Gasteiger partial charge on any atom is -0.352 e.